The van der Waals surface area contributed by atoms with E-state index in [0.29, 0.717) is 42.9 Å². The van der Waals surface area contributed by atoms with Crippen LogP contribution in [-0.2, 0) is 11.4 Å². The van der Waals surface area contributed by atoms with Crippen LogP contribution < -0.4 is 10.2 Å². The zero-order chi connectivity index (χ0) is 24.8. The molecule has 2 aromatic heterocycles. The Kier molecular flexibility index (Phi) is 8.59. The highest BCUT2D eigenvalue weighted by Crippen LogP contribution is 2.34. The van der Waals surface area contributed by atoms with Gasteiger partial charge in [-0.1, -0.05) is 64.2 Å². The van der Waals surface area contributed by atoms with Gasteiger partial charge in [-0.25, -0.2) is 5.43 Å². The molecule has 1 amide bonds. The lowest BCUT2D eigenvalue weighted by Gasteiger charge is -2.05. The van der Waals surface area contributed by atoms with Crippen LogP contribution in [0.4, 0.5) is 0 Å². The van der Waals surface area contributed by atoms with Gasteiger partial charge in [0.1, 0.15) is 17.3 Å². The molecule has 0 bridgehead atoms. The molecule has 0 aliphatic rings. The quantitative estimate of drug-likeness (QED) is 0.134. The first-order valence-corrected chi connectivity index (χ1v) is 12.3. The molecule has 0 radical (unpaired) electrons. The maximum Gasteiger partial charge on any atom is 0.277 e. The summed E-state index contributed by atoms with van der Waals surface area (Å²) < 4.78 is 16.7. The molecule has 0 saturated heterocycles. The third-order valence-corrected chi connectivity index (χ3v) is 6.41. The average Bonchev–Trinajstić information content (AvgIpc) is 3.49. The van der Waals surface area contributed by atoms with Crippen molar-refractivity contribution in [2.75, 3.05) is 5.75 Å². The topological polar surface area (TPSA) is 103 Å². The SMILES string of the molecule is O=C(CSc1nnc(COc2ccc(Cl)cc2Cl)o1)N/N=C\c1ccc(-c2cccc(Cl)c2Cl)o1. The molecular formula is C22H14Cl4N4O4S. The highest BCUT2D eigenvalue weighted by Gasteiger charge is 2.12. The molecule has 13 heteroatoms. The summed E-state index contributed by atoms with van der Waals surface area (Å²) in [5, 5.41) is 13.5. The number of ether oxygens (including phenoxy) is 1. The van der Waals surface area contributed by atoms with Gasteiger partial charge in [-0.2, -0.15) is 5.10 Å². The first-order valence-electron chi connectivity index (χ1n) is 9.78. The standard InChI is InChI=1S/C22H14Cl4N4O4S/c23-12-4-6-18(16(25)8-12)32-10-20-29-30-22(34-20)35-11-19(31)28-27-9-13-5-7-17(33-13)14-2-1-3-15(24)21(14)26/h1-9H,10-11H2,(H,28,31)/b27-9-. The minimum atomic E-state index is -0.375. The van der Waals surface area contributed by atoms with Crippen LogP contribution in [0, 0.1) is 0 Å². The van der Waals surface area contributed by atoms with Gasteiger partial charge in [0.15, 0.2) is 6.61 Å². The number of carbonyl (C=O) groups is 1. The molecule has 0 fully saturated rings. The van der Waals surface area contributed by atoms with Crippen LogP contribution >= 0.6 is 58.2 Å². The Morgan fingerprint density at radius 1 is 1.06 bits per heavy atom. The first-order chi connectivity index (χ1) is 16.9. The van der Waals surface area contributed by atoms with Gasteiger partial charge in [0.25, 0.3) is 17.0 Å². The molecule has 0 atom stereocenters. The van der Waals surface area contributed by atoms with Crippen molar-refractivity contribution in [3.05, 3.63) is 80.3 Å². The van der Waals surface area contributed by atoms with E-state index in [1.165, 1.54) is 6.21 Å². The Morgan fingerprint density at radius 3 is 2.74 bits per heavy atom. The molecule has 2 aromatic carbocycles. The van der Waals surface area contributed by atoms with Crippen molar-refractivity contribution in [2.24, 2.45) is 5.10 Å². The van der Waals surface area contributed by atoms with Gasteiger partial charge in [-0.05, 0) is 42.5 Å². The van der Waals surface area contributed by atoms with Crippen molar-refractivity contribution in [3.63, 3.8) is 0 Å². The van der Waals surface area contributed by atoms with Crippen LogP contribution in [0.5, 0.6) is 5.75 Å². The number of nitrogens with one attached hydrogen (secondary N) is 1. The molecule has 4 rings (SSSR count). The maximum atomic E-state index is 12.0. The number of carbonyl (C=O) groups excluding carboxylic acids is 1. The third-order valence-electron chi connectivity index (χ3n) is 4.24. The van der Waals surface area contributed by atoms with E-state index in [4.69, 9.17) is 60.0 Å². The number of hydrogen-bond donors (Lipinski definition) is 1. The molecule has 8 nitrogen and oxygen atoms in total. The summed E-state index contributed by atoms with van der Waals surface area (Å²) in [6, 6.07) is 13.5. The van der Waals surface area contributed by atoms with Crippen LogP contribution in [0.2, 0.25) is 20.1 Å². The molecule has 0 spiro atoms. The number of halogens is 4. The molecule has 0 unspecified atom stereocenters. The first kappa shape index (κ1) is 25.4. The van der Waals surface area contributed by atoms with Gasteiger partial charge in [0.05, 0.1) is 27.0 Å². The number of nitrogens with zero attached hydrogens (tertiary/aromatic N) is 3. The molecule has 0 aliphatic carbocycles. The van der Waals surface area contributed by atoms with E-state index < -0.39 is 0 Å². The van der Waals surface area contributed by atoms with E-state index in [-0.39, 0.29) is 29.4 Å². The fourth-order valence-electron chi connectivity index (χ4n) is 2.68. The monoisotopic (exact) mass is 570 g/mol. The van der Waals surface area contributed by atoms with Gasteiger partial charge < -0.3 is 13.6 Å². The fraction of sp³-hybridized carbons (Fsp3) is 0.0909. The highest BCUT2D eigenvalue weighted by atomic mass is 35.5. The normalized spacial score (nSPS) is 11.2. The minimum absolute atomic E-state index is 0.00434. The second-order valence-electron chi connectivity index (χ2n) is 6.71. The Bertz CT molecular complexity index is 1380. The van der Waals surface area contributed by atoms with E-state index in [9.17, 15) is 4.79 Å². The van der Waals surface area contributed by atoms with Gasteiger partial charge in [-0.15, -0.1) is 10.2 Å². The Morgan fingerprint density at radius 2 is 1.91 bits per heavy atom. The second kappa shape index (κ2) is 11.8. The Hall–Kier alpha value is -2.69. The Balaban J connectivity index is 1.23. The van der Waals surface area contributed by atoms with Crippen LogP contribution in [-0.4, -0.2) is 28.1 Å². The van der Waals surface area contributed by atoms with Gasteiger partial charge >= 0.3 is 0 Å². The van der Waals surface area contributed by atoms with Crippen molar-refractivity contribution in [1.82, 2.24) is 15.6 Å². The number of hydrogen-bond acceptors (Lipinski definition) is 8. The number of benzene rings is 2. The number of thioether (sulfide) groups is 1. The largest absolute Gasteiger partial charge is 0.482 e. The molecule has 35 heavy (non-hydrogen) atoms. The summed E-state index contributed by atoms with van der Waals surface area (Å²) >= 11 is 25.2. The zero-order valence-corrected chi connectivity index (χ0v) is 21.3. The van der Waals surface area contributed by atoms with Crippen molar-refractivity contribution < 1.29 is 18.4 Å². The smallest absolute Gasteiger partial charge is 0.277 e. The van der Waals surface area contributed by atoms with Crippen molar-refractivity contribution in [1.29, 1.82) is 0 Å². The number of hydrazone groups is 1. The molecule has 4 aromatic rings. The molecule has 2 heterocycles. The van der Waals surface area contributed by atoms with E-state index in [0.717, 1.165) is 11.8 Å². The van der Waals surface area contributed by atoms with Crippen LogP contribution in [0.15, 0.2) is 67.7 Å². The molecule has 0 aliphatic heterocycles. The predicted molar refractivity (Wildman–Crippen MR) is 136 cm³/mol. The van der Waals surface area contributed by atoms with Crippen molar-refractivity contribution in [3.8, 4) is 17.1 Å². The molecular weight excluding hydrogens is 558 g/mol. The van der Waals surface area contributed by atoms with Crippen LogP contribution in [0.1, 0.15) is 11.7 Å². The summed E-state index contributed by atoms with van der Waals surface area (Å²) in [4.78, 5) is 12.0. The van der Waals surface area contributed by atoms with Crippen molar-refractivity contribution >= 4 is 70.3 Å². The maximum absolute atomic E-state index is 12.0. The molecule has 180 valence electrons. The summed E-state index contributed by atoms with van der Waals surface area (Å²) in [5.74, 6) is 1.23. The Labute approximate surface area is 223 Å². The van der Waals surface area contributed by atoms with Crippen LogP contribution in [0.25, 0.3) is 11.3 Å². The average molecular weight is 572 g/mol. The van der Waals surface area contributed by atoms with Crippen molar-refractivity contribution in [2.45, 2.75) is 11.8 Å². The minimum Gasteiger partial charge on any atom is -0.482 e. The number of aromatic nitrogens is 2. The number of furan rings is 1. The van der Waals surface area contributed by atoms with E-state index in [1.807, 2.05) is 0 Å². The van der Waals surface area contributed by atoms with Crippen LogP contribution in [0.3, 0.4) is 0 Å². The van der Waals surface area contributed by atoms with Gasteiger partial charge in [0.2, 0.25) is 0 Å². The van der Waals surface area contributed by atoms with Gasteiger partial charge in [0, 0.05) is 10.6 Å². The predicted octanol–water partition coefficient (Wildman–Crippen LogP) is 6.76. The lowest BCUT2D eigenvalue weighted by molar-refractivity contribution is -0.118. The fourth-order valence-corrected chi connectivity index (χ4v) is 4.10. The zero-order valence-electron chi connectivity index (χ0n) is 17.5. The molecule has 1 N–H and O–H groups in total. The van der Waals surface area contributed by atoms with E-state index in [2.05, 4.69) is 20.7 Å². The summed E-state index contributed by atoms with van der Waals surface area (Å²) in [5.41, 5.74) is 3.05. The third kappa shape index (κ3) is 6.93. The number of rotatable bonds is 9. The highest BCUT2D eigenvalue weighted by molar-refractivity contribution is 7.99. The summed E-state index contributed by atoms with van der Waals surface area (Å²) in [6.45, 7) is 0.0108. The lowest BCUT2D eigenvalue weighted by atomic mass is 10.2. The van der Waals surface area contributed by atoms with E-state index in [1.54, 1.807) is 48.5 Å². The van der Waals surface area contributed by atoms with Gasteiger partial charge in [-0.3, -0.25) is 4.79 Å². The summed E-state index contributed by atoms with van der Waals surface area (Å²) in [6.07, 6.45) is 1.37. The number of amides is 1. The summed E-state index contributed by atoms with van der Waals surface area (Å²) in [7, 11) is 0. The lowest BCUT2D eigenvalue weighted by Crippen LogP contribution is -2.19. The van der Waals surface area contributed by atoms with E-state index >= 15 is 0 Å². The second-order valence-corrected chi connectivity index (χ2v) is 9.27. The molecule has 0 saturated carbocycles.